The zero-order chi connectivity index (χ0) is 10.9. The van der Waals surface area contributed by atoms with Gasteiger partial charge in [0.1, 0.15) is 11.5 Å². The first-order valence-electron chi connectivity index (χ1n) is 3.91. The van der Waals surface area contributed by atoms with Gasteiger partial charge < -0.3 is 14.9 Å². The molecule has 1 aromatic rings. The minimum Gasteiger partial charge on any atom is -0.506 e. The van der Waals surface area contributed by atoms with Gasteiger partial charge in [0.25, 0.3) is 0 Å². The summed E-state index contributed by atoms with van der Waals surface area (Å²) in [7, 11) is 1.54. The zero-order valence-corrected chi connectivity index (χ0v) is 12.0. The summed E-state index contributed by atoms with van der Waals surface area (Å²) in [6.07, 6.45) is -0.321. The fourth-order valence-corrected chi connectivity index (χ4v) is 2.92. The number of aromatic hydroxyl groups is 2. The van der Waals surface area contributed by atoms with Crippen molar-refractivity contribution in [2.24, 2.45) is 0 Å². The molecule has 78 valence electrons. The van der Waals surface area contributed by atoms with Gasteiger partial charge in [-0.3, -0.25) is 0 Å². The Morgan fingerprint density at radius 2 is 1.64 bits per heavy atom. The van der Waals surface area contributed by atoms with Crippen molar-refractivity contribution in [3.8, 4) is 11.5 Å². The molecule has 1 rings (SSSR count). The summed E-state index contributed by atoms with van der Waals surface area (Å²) in [5, 5.41) is 19.5. The van der Waals surface area contributed by atoms with Gasteiger partial charge >= 0.3 is 0 Å². The molecule has 0 aliphatic carbocycles. The Hall–Kier alpha value is 0.240. The Kier molecular flexibility index (Phi) is 4.26. The lowest BCUT2D eigenvalue weighted by molar-refractivity contribution is 0.114. The van der Waals surface area contributed by atoms with Crippen LogP contribution < -0.4 is 0 Å². The van der Waals surface area contributed by atoms with Gasteiger partial charge in [-0.1, -0.05) is 0 Å². The summed E-state index contributed by atoms with van der Waals surface area (Å²) in [4.78, 5) is 0. The topological polar surface area (TPSA) is 49.7 Å². The molecule has 0 spiro atoms. The van der Waals surface area contributed by atoms with Gasteiger partial charge in [0.2, 0.25) is 0 Å². The third-order valence-electron chi connectivity index (χ3n) is 1.98. The van der Waals surface area contributed by atoms with E-state index in [2.05, 4.69) is 0 Å². The normalized spacial score (nSPS) is 12.9. The van der Waals surface area contributed by atoms with Crippen LogP contribution >= 0.6 is 45.2 Å². The predicted octanol–water partition coefficient (Wildman–Crippen LogP) is 3.01. The molecule has 2 N–H and O–H groups in total. The van der Waals surface area contributed by atoms with Crippen LogP contribution in [0.3, 0.4) is 0 Å². The number of hydrogen-bond acceptors (Lipinski definition) is 3. The molecule has 0 aromatic heterocycles. The van der Waals surface area contributed by atoms with Crippen molar-refractivity contribution in [3.05, 3.63) is 18.8 Å². The molecular formula is C9H10I2O3. The van der Waals surface area contributed by atoms with Crippen LogP contribution in [0.5, 0.6) is 11.5 Å². The monoisotopic (exact) mass is 420 g/mol. The summed E-state index contributed by atoms with van der Waals surface area (Å²) < 4.78 is 6.50. The van der Waals surface area contributed by atoms with E-state index in [0.717, 1.165) is 0 Å². The third-order valence-corrected chi connectivity index (χ3v) is 3.62. The number of ether oxygens (including phenoxy) is 1. The van der Waals surface area contributed by atoms with Crippen molar-refractivity contribution in [1.82, 2.24) is 0 Å². The highest BCUT2D eigenvalue weighted by atomic mass is 127. The van der Waals surface area contributed by atoms with E-state index < -0.39 is 0 Å². The molecule has 3 nitrogen and oxygen atoms in total. The number of benzene rings is 1. The van der Waals surface area contributed by atoms with Gasteiger partial charge in [0.05, 0.1) is 18.8 Å². The Bertz CT molecular complexity index is 326. The van der Waals surface area contributed by atoms with E-state index in [4.69, 9.17) is 4.74 Å². The first kappa shape index (κ1) is 12.3. The van der Waals surface area contributed by atoms with Gasteiger partial charge in [0.15, 0.2) is 0 Å². The largest absolute Gasteiger partial charge is 0.506 e. The molecule has 5 heteroatoms. The summed E-state index contributed by atoms with van der Waals surface area (Å²) in [6.45, 7) is 1.78. The second kappa shape index (κ2) is 4.84. The molecule has 0 bridgehead atoms. The molecule has 1 atom stereocenters. The maximum Gasteiger partial charge on any atom is 0.138 e. The van der Waals surface area contributed by atoms with Crippen LogP contribution in [0.4, 0.5) is 0 Å². The molecule has 0 fully saturated rings. The molecule has 0 aliphatic heterocycles. The summed E-state index contributed by atoms with van der Waals surface area (Å²) in [6, 6.07) is 1.72. The number of hydrogen-bond donors (Lipinski definition) is 2. The second-order valence-electron chi connectivity index (χ2n) is 2.83. The van der Waals surface area contributed by atoms with Crippen molar-refractivity contribution < 1.29 is 14.9 Å². The van der Waals surface area contributed by atoms with E-state index in [0.29, 0.717) is 12.7 Å². The van der Waals surface area contributed by atoms with E-state index in [9.17, 15) is 10.2 Å². The van der Waals surface area contributed by atoms with Gasteiger partial charge in [0, 0.05) is 7.11 Å². The second-order valence-corrected chi connectivity index (χ2v) is 5.15. The fourth-order valence-electron chi connectivity index (χ4n) is 1.12. The van der Waals surface area contributed by atoms with Crippen LogP contribution in [0.15, 0.2) is 6.07 Å². The maximum atomic E-state index is 9.75. The lowest BCUT2D eigenvalue weighted by atomic mass is 10.1. The maximum absolute atomic E-state index is 9.75. The molecular weight excluding hydrogens is 410 g/mol. The van der Waals surface area contributed by atoms with Crippen LogP contribution in [0.1, 0.15) is 18.6 Å². The first-order valence-corrected chi connectivity index (χ1v) is 6.07. The van der Waals surface area contributed by atoms with Crippen molar-refractivity contribution in [2.45, 2.75) is 13.0 Å². The molecule has 0 radical (unpaired) electrons. The van der Waals surface area contributed by atoms with E-state index in [1.54, 1.807) is 13.0 Å². The van der Waals surface area contributed by atoms with Crippen LogP contribution in [0.25, 0.3) is 0 Å². The molecule has 0 saturated carbocycles. The molecule has 0 saturated heterocycles. The lowest BCUT2D eigenvalue weighted by Crippen LogP contribution is -1.99. The Balaban J connectivity index is 3.39. The smallest absolute Gasteiger partial charge is 0.138 e. The molecule has 1 unspecified atom stereocenters. The fraction of sp³-hybridized carbons (Fsp3) is 0.333. The van der Waals surface area contributed by atoms with Crippen molar-refractivity contribution >= 4 is 45.2 Å². The molecule has 0 heterocycles. The Labute approximate surface area is 110 Å². The van der Waals surface area contributed by atoms with Crippen LogP contribution in [-0.4, -0.2) is 17.3 Å². The minimum absolute atomic E-state index is 0.0952. The zero-order valence-electron chi connectivity index (χ0n) is 7.71. The van der Waals surface area contributed by atoms with Gasteiger partial charge in [-0.15, -0.1) is 0 Å². The molecule has 0 aliphatic rings. The van der Waals surface area contributed by atoms with Gasteiger partial charge in [-0.25, -0.2) is 0 Å². The third kappa shape index (κ3) is 2.25. The van der Waals surface area contributed by atoms with Crippen LogP contribution in [-0.2, 0) is 4.74 Å². The number of phenols is 2. The number of rotatable bonds is 2. The highest BCUT2D eigenvalue weighted by Gasteiger charge is 2.19. The van der Waals surface area contributed by atoms with Gasteiger partial charge in [-0.05, 0) is 58.2 Å². The number of phenolic OH excluding ortho intramolecular Hbond substituents is 2. The van der Waals surface area contributed by atoms with Crippen molar-refractivity contribution in [3.63, 3.8) is 0 Å². The Morgan fingerprint density at radius 3 is 2.00 bits per heavy atom. The van der Waals surface area contributed by atoms with Crippen molar-refractivity contribution in [1.29, 1.82) is 0 Å². The quantitative estimate of drug-likeness (QED) is 0.724. The SMILES string of the molecule is COC(C)c1c(O)c(I)cc(I)c1O. The summed E-state index contributed by atoms with van der Waals surface area (Å²) in [5.41, 5.74) is 0.448. The van der Waals surface area contributed by atoms with E-state index in [-0.39, 0.29) is 17.6 Å². The van der Waals surface area contributed by atoms with Crippen molar-refractivity contribution in [2.75, 3.05) is 7.11 Å². The predicted molar refractivity (Wildman–Crippen MR) is 70.6 cm³/mol. The van der Waals surface area contributed by atoms with Gasteiger partial charge in [-0.2, -0.15) is 0 Å². The average molecular weight is 420 g/mol. The standard InChI is InChI=1S/C9H10I2O3/c1-4(14-2)7-8(12)5(10)3-6(11)9(7)13/h3-4,12-13H,1-2H3. The van der Waals surface area contributed by atoms with E-state index in [1.165, 1.54) is 7.11 Å². The van der Waals surface area contributed by atoms with Crippen LogP contribution in [0.2, 0.25) is 0 Å². The van der Waals surface area contributed by atoms with E-state index >= 15 is 0 Å². The summed E-state index contributed by atoms with van der Waals surface area (Å²) in [5.74, 6) is 0.190. The van der Waals surface area contributed by atoms with Crippen LogP contribution in [0, 0.1) is 7.14 Å². The number of methoxy groups -OCH3 is 1. The highest BCUT2D eigenvalue weighted by Crippen LogP contribution is 2.40. The summed E-state index contributed by atoms with van der Waals surface area (Å²) >= 11 is 4.04. The average Bonchev–Trinajstić information content (AvgIpc) is 2.15. The molecule has 1 aromatic carbocycles. The molecule has 14 heavy (non-hydrogen) atoms. The van der Waals surface area contributed by atoms with E-state index in [1.807, 2.05) is 45.2 Å². The first-order chi connectivity index (χ1) is 6.49. The Morgan fingerprint density at radius 1 is 1.21 bits per heavy atom. The minimum atomic E-state index is -0.321. The number of halogens is 2. The molecule has 0 amide bonds. The lowest BCUT2D eigenvalue weighted by Gasteiger charge is -2.15. The highest BCUT2D eigenvalue weighted by molar-refractivity contribution is 14.1.